The number of hydrogen-bond donors (Lipinski definition) is 0. The lowest BCUT2D eigenvalue weighted by molar-refractivity contribution is -0.145. The highest BCUT2D eigenvalue weighted by molar-refractivity contribution is 5.69. The molecule has 0 saturated carbocycles. The highest BCUT2D eigenvalue weighted by Gasteiger charge is 2.02. The fourth-order valence-corrected chi connectivity index (χ4v) is 2.16. The Morgan fingerprint density at radius 2 is 1.08 bits per heavy atom. The van der Waals surface area contributed by atoms with E-state index in [0.717, 1.165) is 25.9 Å². The Labute approximate surface area is 148 Å². The normalized spacial score (nSPS) is 10.9. The molecule has 5 nitrogen and oxygen atoms in total. The zero-order chi connectivity index (χ0) is 17.7. The van der Waals surface area contributed by atoms with E-state index in [1.165, 1.54) is 32.1 Å². The van der Waals surface area contributed by atoms with E-state index in [4.69, 9.17) is 18.9 Å². The van der Waals surface area contributed by atoms with Crippen molar-refractivity contribution in [1.29, 1.82) is 0 Å². The maximum atomic E-state index is 11.5. The van der Waals surface area contributed by atoms with Gasteiger partial charge in [0.05, 0.1) is 33.0 Å². The molecule has 144 valence electrons. The van der Waals surface area contributed by atoms with E-state index in [-0.39, 0.29) is 5.97 Å². The van der Waals surface area contributed by atoms with Gasteiger partial charge >= 0.3 is 5.97 Å². The van der Waals surface area contributed by atoms with Crippen LogP contribution in [0.5, 0.6) is 0 Å². The minimum atomic E-state index is -0.119. The number of ether oxygens (including phenoxy) is 4. The summed E-state index contributed by atoms with van der Waals surface area (Å²) < 4.78 is 21.3. The summed E-state index contributed by atoms with van der Waals surface area (Å²) in [5.41, 5.74) is 0. The lowest BCUT2D eigenvalue weighted by Gasteiger charge is -2.07. The van der Waals surface area contributed by atoms with Gasteiger partial charge < -0.3 is 18.9 Å². The van der Waals surface area contributed by atoms with Gasteiger partial charge in [0, 0.05) is 13.0 Å². The molecule has 0 aromatic heterocycles. The number of esters is 1. The van der Waals surface area contributed by atoms with Gasteiger partial charge in [-0.2, -0.15) is 0 Å². The first kappa shape index (κ1) is 23.4. The van der Waals surface area contributed by atoms with Crippen LogP contribution in [0.15, 0.2) is 0 Å². The Morgan fingerprint density at radius 1 is 0.583 bits per heavy atom. The van der Waals surface area contributed by atoms with E-state index >= 15 is 0 Å². The third-order valence-corrected chi connectivity index (χ3v) is 3.61. The van der Waals surface area contributed by atoms with Crippen LogP contribution in [-0.2, 0) is 23.7 Å². The summed E-state index contributed by atoms with van der Waals surface area (Å²) in [6.07, 6.45) is 9.78. The first-order valence-electron chi connectivity index (χ1n) is 9.70. The molecular weight excluding hydrogens is 308 g/mol. The van der Waals surface area contributed by atoms with Crippen LogP contribution in [-0.4, -0.2) is 52.2 Å². The van der Waals surface area contributed by atoms with Crippen LogP contribution in [0.2, 0.25) is 0 Å². The van der Waals surface area contributed by atoms with E-state index in [9.17, 15) is 4.79 Å². The molecule has 5 heteroatoms. The highest BCUT2D eigenvalue weighted by Crippen LogP contribution is 2.05. The predicted molar refractivity (Wildman–Crippen MR) is 96.3 cm³/mol. The molecule has 0 aromatic carbocycles. The van der Waals surface area contributed by atoms with E-state index in [2.05, 4.69) is 13.8 Å². The molecule has 0 bridgehead atoms. The molecule has 0 aromatic rings. The smallest absolute Gasteiger partial charge is 0.305 e. The van der Waals surface area contributed by atoms with Crippen molar-refractivity contribution in [2.75, 3.05) is 46.2 Å². The molecule has 0 saturated heterocycles. The zero-order valence-corrected chi connectivity index (χ0v) is 15.9. The molecule has 0 rings (SSSR count). The van der Waals surface area contributed by atoms with Crippen molar-refractivity contribution in [3.8, 4) is 0 Å². The molecule has 0 aliphatic rings. The highest BCUT2D eigenvalue weighted by atomic mass is 16.6. The van der Waals surface area contributed by atoms with Crippen LogP contribution in [0.1, 0.15) is 71.6 Å². The van der Waals surface area contributed by atoms with E-state index in [0.29, 0.717) is 46.1 Å². The fourth-order valence-electron chi connectivity index (χ4n) is 2.16. The van der Waals surface area contributed by atoms with Crippen LogP contribution >= 0.6 is 0 Å². The quantitative estimate of drug-likeness (QED) is 0.260. The zero-order valence-electron chi connectivity index (χ0n) is 15.9. The maximum Gasteiger partial charge on any atom is 0.305 e. The van der Waals surface area contributed by atoms with Crippen LogP contribution in [0, 0.1) is 0 Å². The largest absolute Gasteiger partial charge is 0.463 e. The van der Waals surface area contributed by atoms with Gasteiger partial charge in [-0.1, -0.05) is 52.4 Å². The topological polar surface area (TPSA) is 54.0 Å². The lowest BCUT2D eigenvalue weighted by atomic mass is 10.1. The number of rotatable bonds is 19. The second kappa shape index (κ2) is 20.4. The summed E-state index contributed by atoms with van der Waals surface area (Å²) in [5.74, 6) is -0.119. The van der Waals surface area contributed by atoms with E-state index < -0.39 is 0 Å². The molecule has 0 fully saturated rings. The van der Waals surface area contributed by atoms with Gasteiger partial charge in [0.2, 0.25) is 0 Å². The van der Waals surface area contributed by atoms with Gasteiger partial charge in [-0.3, -0.25) is 4.79 Å². The summed E-state index contributed by atoms with van der Waals surface area (Å²) in [5, 5.41) is 0. The minimum Gasteiger partial charge on any atom is -0.463 e. The fraction of sp³-hybridized carbons (Fsp3) is 0.947. The van der Waals surface area contributed by atoms with Gasteiger partial charge in [-0.15, -0.1) is 0 Å². The molecular formula is C19H38O5. The van der Waals surface area contributed by atoms with Crippen molar-refractivity contribution in [2.45, 2.75) is 71.6 Å². The monoisotopic (exact) mass is 346 g/mol. The van der Waals surface area contributed by atoms with Crippen molar-refractivity contribution < 1.29 is 23.7 Å². The molecule has 0 N–H and O–H groups in total. The van der Waals surface area contributed by atoms with Gasteiger partial charge in [0.1, 0.15) is 6.61 Å². The molecule has 0 radical (unpaired) electrons. The molecule has 0 aliphatic carbocycles. The maximum absolute atomic E-state index is 11.5. The van der Waals surface area contributed by atoms with Crippen molar-refractivity contribution in [1.82, 2.24) is 0 Å². The molecule has 0 spiro atoms. The SMILES string of the molecule is CCCCCCCC(=O)OCCOCCOCCOCCCCC. The summed E-state index contributed by atoms with van der Waals surface area (Å²) >= 11 is 0. The number of carbonyl (C=O) groups excluding carboxylic acids is 1. The van der Waals surface area contributed by atoms with Gasteiger partial charge in [-0.05, 0) is 12.8 Å². The van der Waals surface area contributed by atoms with Crippen LogP contribution < -0.4 is 0 Å². The minimum absolute atomic E-state index is 0.119. The number of hydrogen-bond acceptors (Lipinski definition) is 5. The standard InChI is InChI=1S/C19H38O5/c1-3-5-7-8-9-11-19(20)24-18-17-23-16-15-22-14-13-21-12-10-6-4-2/h3-18H2,1-2H3. The van der Waals surface area contributed by atoms with Crippen molar-refractivity contribution >= 4 is 5.97 Å². The van der Waals surface area contributed by atoms with E-state index in [1.54, 1.807) is 0 Å². The Kier molecular flexibility index (Phi) is 19.8. The predicted octanol–water partition coefficient (Wildman–Crippen LogP) is 4.13. The molecule has 0 aliphatic heterocycles. The number of unbranched alkanes of at least 4 members (excludes halogenated alkanes) is 6. The molecule has 0 amide bonds. The third-order valence-electron chi connectivity index (χ3n) is 3.61. The Morgan fingerprint density at radius 3 is 1.71 bits per heavy atom. The van der Waals surface area contributed by atoms with Gasteiger partial charge in [-0.25, -0.2) is 0 Å². The average molecular weight is 347 g/mol. The van der Waals surface area contributed by atoms with Gasteiger partial charge in [0.15, 0.2) is 0 Å². The Balaban J connectivity index is 3.10. The first-order chi connectivity index (χ1) is 11.8. The average Bonchev–Trinajstić information content (AvgIpc) is 2.59. The lowest BCUT2D eigenvalue weighted by Crippen LogP contribution is -2.14. The van der Waals surface area contributed by atoms with Gasteiger partial charge in [0.25, 0.3) is 0 Å². The third kappa shape index (κ3) is 19.4. The second-order valence-electron chi connectivity index (χ2n) is 5.93. The molecule has 0 atom stereocenters. The molecule has 0 unspecified atom stereocenters. The summed E-state index contributed by atoms with van der Waals surface area (Å²) in [6.45, 7) is 8.24. The summed E-state index contributed by atoms with van der Waals surface area (Å²) in [7, 11) is 0. The first-order valence-corrected chi connectivity index (χ1v) is 9.70. The van der Waals surface area contributed by atoms with Crippen LogP contribution in [0.3, 0.4) is 0 Å². The Bertz CT molecular complexity index is 258. The molecule has 0 heterocycles. The van der Waals surface area contributed by atoms with E-state index in [1.807, 2.05) is 0 Å². The van der Waals surface area contributed by atoms with Crippen molar-refractivity contribution in [2.24, 2.45) is 0 Å². The number of carbonyl (C=O) groups is 1. The second-order valence-corrected chi connectivity index (χ2v) is 5.93. The summed E-state index contributed by atoms with van der Waals surface area (Å²) in [6, 6.07) is 0. The van der Waals surface area contributed by atoms with Crippen LogP contribution in [0.25, 0.3) is 0 Å². The van der Waals surface area contributed by atoms with Crippen molar-refractivity contribution in [3.63, 3.8) is 0 Å². The molecule has 24 heavy (non-hydrogen) atoms. The summed E-state index contributed by atoms with van der Waals surface area (Å²) in [4.78, 5) is 11.5. The Hall–Kier alpha value is -0.650. The van der Waals surface area contributed by atoms with Crippen LogP contribution in [0.4, 0.5) is 0 Å². The van der Waals surface area contributed by atoms with Crippen molar-refractivity contribution in [3.05, 3.63) is 0 Å².